The number of hydrogen-bond acceptors (Lipinski definition) is 5. The largest absolute Gasteiger partial charge is 0.493 e. The van der Waals surface area contributed by atoms with Crippen molar-refractivity contribution in [3.8, 4) is 11.5 Å². The third-order valence-electron chi connectivity index (χ3n) is 4.99. The molecule has 0 aliphatic carbocycles. The van der Waals surface area contributed by atoms with Crippen LogP contribution in [-0.4, -0.2) is 37.7 Å². The molecule has 2 aromatic carbocycles. The van der Waals surface area contributed by atoms with Crippen molar-refractivity contribution < 1.29 is 23.8 Å². The number of nitrogens with zero attached hydrogens (tertiary/aromatic N) is 1. The number of esters is 1. The minimum absolute atomic E-state index is 0.0206. The Hall–Kier alpha value is -3.28. The summed E-state index contributed by atoms with van der Waals surface area (Å²) in [6, 6.07) is 13.2. The van der Waals surface area contributed by atoms with Gasteiger partial charge in [-0.15, -0.1) is 0 Å². The number of carbonyl (C=O) groups excluding carboxylic acids is 2. The van der Waals surface area contributed by atoms with Gasteiger partial charge < -0.3 is 19.1 Å². The van der Waals surface area contributed by atoms with Crippen LogP contribution >= 0.6 is 0 Å². The molecule has 1 heterocycles. The van der Waals surface area contributed by atoms with Gasteiger partial charge in [-0.25, -0.2) is 4.79 Å². The highest BCUT2D eigenvalue weighted by molar-refractivity contribution is 5.99. The van der Waals surface area contributed by atoms with Gasteiger partial charge in [-0.1, -0.05) is 36.4 Å². The van der Waals surface area contributed by atoms with Crippen molar-refractivity contribution in [3.63, 3.8) is 0 Å². The summed E-state index contributed by atoms with van der Waals surface area (Å²) < 4.78 is 16.2. The number of para-hydroxylation sites is 1. The first-order chi connectivity index (χ1) is 14.4. The number of amides is 1. The second-order valence-electron chi connectivity index (χ2n) is 7.22. The zero-order chi connectivity index (χ0) is 21.7. The third kappa shape index (κ3) is 4.64. The molecule has 2 aromatic rings. The molecule has 0 N–H and O–H groups in total. The van der Waals surface area contributed by atoms with Gasteiger partial charge in [-0.2, -0.15) is 0 Å². The Balaban J connectivity index is 1.59. The molecular weight excluding hydrogens is 382 g/mol. The lowest BCUT2D eigenvalue weighted by molar-refractivity contribution is -0.155. The van der Waals surface area contributed by atoms with Crippen LogP contribution in [0.15, 0.2) is 48.5 Å². The SMILES string of the molecule is C/C=C/c1ccc(OCC(=O)O[C@H](C)C(=O)N2c3ccccc3C[C@H]2C)c(OC)c1. The fraction of sp³-hybridized carbons (Fsp3) is 0.333. The fourth-order valence-corrected chi connectivity index (χ4v) is 3.62. The van der Waals surface area contributed by atoms with Gasteiger partial charge >= 0.3 is 5.97 Å². The summed E-state index contributed by atoms with van der Waals surface area (Å²) in [4.78, 5) is 26.9. The zero-order valence-electron chi connectivity index (χ0n) is 17.8. The van der Waals surface area contributed by atoms with Crippen molar-refractivity contribution in [1.29, 1.82) is 0 Å². The van der Waals surface area contributed by atoms with Crippen LogP contribution < -0.4 is 14.4 Å². The van der Waals surface area contributed by atoms with E-state index in [1.807, 2.05) is 62.4 Å². The molecule has 0 radical (unpaired) electrons. The van der Waals surface area contributed by atoms with Gasteiger partial charge in [-0.3, -0.25) is 4.79 Å². The maximum Gasteiger partial charge on any atom is 0.344 e. The summed E-state index contributed by atoms with van der Waals surface area (Å²) in [5, 5.41) is 0. The standard InChI is InChI=1S/C24H27NO5/c1-5-8-18-11-12-21(22(14-18)28-4)29-15-23(26)30-17(3)24(27)25-16(2)13-19-9-6-7-10-20(19)25/h5-12,14,16-17H,13,15H2,1-4H3/b8-5+/t16-,17-/m1/s1. The highest BCUT2D eigenvalue weighted by Crippen LogP contribution is 2.32. The van der Waals surface area contributed by atoms with Gasteiger partial charge in [0.05, 0.1) is 7.11 Å². The van der Waals surface area contributed by atoms with Gasteiger partial charge in [0, 0.05) is 11.7 Å². The van der Waals surface area contributed by atoms with Crippen LogP contribution in [-0.2, 0) is 20.7 Å². The first-order valence-electron chi connectivity index (χ1n) is 9.98. The molecule has 6 heteroatoms. The zero-order valence-corrected chi connectivity index (χ0v) is 17.8. The third-order valence-corrected chi connectivity index (χ3v) is 4.99. The molecule has 1 aliphatic heterocycles. The summed E-state index contributed by atoms with van der Waals surface area (Å²) in [6.07, 6.45) is 3.73. The van der Waals surface area contributed by atoms with E-state index in [0.29, 0.717) is 11.5 Å². The average molecular weight is 409 g/mol. The van der Waals surface area contributed by atoms with E-state index in [-0.39, 0.29) is 18.6 Å². The van der Waals surface area contributed by atoms with Gasteiger partial charge in [0.1, 0.15) is 0 Å². The van der Waals surface area contributed by atoms with Crippen LogP contribution in [0.5, 0.6) is 11.5 Å². The summed E-state index contributed by atoms with van der Waals surface area (Å²) in [6.45, 7) is 5.18. The summed E-state index contributed by atoms with van der Waals surface area (Å²) >= 11 is 0. The molecule has 1 amide bonds. The number of fused-ring (bicyclic) bond motifs is 1. The lowest BCUT2D eigenvalue weighted by atomic mass is 10.1. The van der Waals surface area contributed by atoms with E-state index in [1.165, 1.54) is 7.11 Å². The second kappa shape index (κ2) is 9.48. The molecule has 1 aliphatic rings. The van der Waals surface area contributed by atoms with Gasteiger partial charge in [0.2, 0.25) is 0 Å². The Bertz CT molecular complexity index is 952. The van der Waals surface area contributed by atoms with E-state index in [4.69, 9.17) is 14.2 Å². The average Bonchev–Trinajstić information content (AvgIpc) is 3.07. The molecule has 158 valence electrons. The van der Waals surface area contributed by atoms with Crippen LogP contribution in [0.2, 0.25) is 0 Å². The number of benzene rings is 2. The van der Waals surface area contributed by atoms with Gasteiger partial charge in [0.25, 0.3) is 5.91 Å². The number of carbonyl (C=O) groups is 2. The van der Waals surface area contributed by atoms with E-state index in [9.17, 15) is 9.59 Å². The fourth-order valence-electron chi connectivity index (χ4n) is 3.62. The van der Waals surface area contributed by atoms with Crippen molar-refractivity contribution in [1.82, 2.24) is 0 Å². The number of methoxy groups -OCH3 is 1. The van der Waals surface area contributed by atoms with Crippen LogP contribution in [0, 0.1) is 0 Å². The molecule has 0 unspecified atom stereocenters. The Morgan fingerprint density at radius 1 is 1.20 bits per heavy atom. The van der Waals surface area contributed by atoms with E-state index < -0.39 is 12.1 Å². The molecule has 0 saturated carbocycles. The van der Waals surface area contributed by atoms with Crippen molar-refractivity contribution >= 4 is 23.6 Å². The normalized spacial score (nSPS) is 16.3. The van der Waals surface area contributed by atoms with Crippen LogP contribution in [0.25, 0.3) is 6.08 Å². The number of anilines is 1. The Labute approximate surface area is 177 Å². The quantitative estimate of drug-likeness (QED) is 0.647. The Morgan fingerprint density at radius 3 is 2.70 bits per heavy atom. The number of allylic oxidation sites excluding steroid dienone is 1. The van der Waals surface area contributed by atoms with Gasteiger partial charge in [0.15, 0.2) is 24.2 Å². The molecule has 0 saturated heterocycles. The second-order valence-corrected chi connectivity index (χ2v) is 7.22. The first kappa shape index (κ1) is 21.4. The van der Waals surface area contributed by atoms with E-state index >= 15 is 0 Å². The van der Waals surface area contributed by atoms with Crippen LogP contribution in [0.4, 0.5) is 5.69 Å². The summed E-state index contributed by atoms with van der Waals surface area (Å²) in [5.74, 6) is 0.0958. The van der Waals surface area contributed by atoms with Crippen molar-refractivity contribution in [2.24, 2.45) is 0 Å². The van der Waals surface area contributed by atoms with Crippen LogP contribution in [0.1, 0.15) is 31.9 Å². The number of rotatable bonds is 7. The molecular formula is C24H27NO5. The maximum absolute atomic E-state index is 12.9. The van der Waals surface area contributed by atoms with Crippen molar-refractivity contribution in [2.75, 3.05) is 18.6 Å². The first-order valence-corrected chi connectivity index (χ1v) is 9.98. The number of hydrogen-bond donors (Lipinski definition) is 0. The molecule has 3 rings (SSSR count). The summed E-state index contributed by atoms with van der Waals surface area (Å²) in [5.41, 5.74) is 2.96. The maximum atomic E-state index is 12.9. The highest BCUT2D eigenvalue weighted by Gasteiger charge is 2.34. The topological polar surface area (TPSA) is 65.1 Å². The van der Waals surface area contributed by atoms with Crippen LogP contribution in [0.3, 0.4) is 0 Å². The minimum Gasteiger partial charge on any atom is -0.493 e. The molecule has 0 fully saturated rings. The van der Waals surface area contributed by atoms with E-state index in [2.05, 4.69) is 0 Å². The van der Waals surface area contributed by atoms with E-state index in [1.54, 1.807) is 17.9 Å². The van der Waals surface area contributed by atoms with Crippen molar-refractivity contribution in [2.45, 2.75) is 39.3 Å². The molecule has 6 nitrogen and oxygen atoms in total. The molecule has 30 heavy (non-hydrogen) atoms. The molecule has 0 aromatic heterocycles. The predicted molar refractivity (Wildman–Crippen MR) is 116 cm³/mol. The lowest BCUT2D eigenvalue weighted by Crippen LogP contribution is -2.43. The molecule has 2 atom stereocenters. The number of ether oxygens (including phenoxy) is 3. The smallest absolute Gasteiger partial charge is 0.344 e. The summed E-state index contributed by atoms with van der Waals surface area (Å²) in [7, 11) is 1.54. The van der Waals surface area contributed by atoms with Crippen molar-refractivity contribution in [3.05, 3.63) is 59.7 Å². The Morgan fingerprint density at radius 2 is 1.97 bits per heavy atom. The Kier molecular flexibility index (Phi) is 6.77. The predicted octanol–water partition coefficient (Wildman–Crippen LogP) is 4.02. The lowest BCUT2D eigenvalue weighted by Gasteiger charge is -2.26. The van der Waals surface area contributed by atoms with Gasteiger partial charge in [-0.05, 0) is 56.5 Å². The molecule has 0 bridgehead atoms. The minimum atomic E-state index is -0.909. The molecule has 0 spiro atoms. The van der Waals surface area contributed by atoms with E-state index in [0.717, 1.165) is 23.2 Å². The highest BCUT2D eigenvalue weighted by atomic mass is 16.6. The monoisotopic (exact) mass is 409 g/mol.